The first-order valence-corrected chi connectivity index (χ1v) is 10.6. The van der Waals surface area contributed by atoms with E-state index in [9.17, 15) is 17.6 Å². The summed E-state index contributed by atoms with van der Waals surface area (Å²) in [7, 11) is -3.97. The Morgan fingerprint density at radius 2 is 1.75 bits per heavy atom. The number of rotatable bonds is 4. The van der Waals surface area contributed by atoms with Crippen LogP contribution in [-0.4, -0.2) is 44.9 Å². The summed E-state index contributed by atoms with van der Waals surface area (Å²) in [6, 6.07) is 6.34. The summed E-state index contributed by atoms with van der Waals surface area (Å²) >= 11 is 17.9. The minimum absolute atomic E-state index is 0.0779. The predicted molar refractivity (Wildman–Crippen MR) is 105 cm³/mol. The first-order valence-electron chi connectivity index (χ1n) is 8.04. The second-order valence-electron chi connectivity index (χ2n) is 5.83. The number of anilines is 1. The number of hydrogen-bond acceptors (Lipinski definition) is 4. The van der Waals surface area contributed by atoms with Gasteiger partial charge in [-0.15, -0.1) is 0 Å². The zero-order valence-corrected chi connectivity index (χ0v) is 17.3. The molecular weight excluding hydrogens is 454 g/mol. The molecule has 6 nitrogen and oxygen atoms in total. The van der Waals surface area contributed by atoms with E-state index in [1.807, 2.05) is 0 Å². The van der Waals surface area contributed by atoms with Crippen LogP contribution in [0.1, 0.15) is 10.4 Å². The van der Waals surface area contributed by atoms with Crippen LogP contribution in [0.5, 0.6) is 0 Å². The maximum atomic E-state index is 14.0. The van der Waals surface area contributed by atoms with Crippen molar-refractivity contribution in [3.8, 4) is 0 Å². The van der Waals surface area contributed by atoms with Gasteiger partial charge in [0.1, 0.15) is 4.90 Å². The molecule has 0 aliphatic carbocycles. The van der Waals surface area contributed by atoms with Gasteiger partial charge in [-0.1, -0.05) is 40.9 Å². The summed E-state index contributed by atoms with van der Waals surface area (Å²) in [5.74, 6) is -1.62. The molecule has 150 valence electrons. The van der Waals surface area contributed by atoms with E-state index in [1.165, 1.54) is 28.6 Å². The van der Waals surface area contributed by atoms with E-state index < -0.39 is 21.7 Å². The van der Waals surface area contributed by atoms with E-state index in [4.69, 9.17) is 39.5 Å². The van der Waals surface area contributed by atoms with Gasteiger partial charge in [0.05, 0.1) is 39.5 Å². The second kappa shape index (κ2) is 8.52. The predicted octanol–water partition coefficient (Wildman–Crippen LogP) is 4.06. The Hall–Kier alpha value is -1.42. The van der Waals surface area contributed by atoms with Crippen molar-refractivity contribution in [2.75, 3.05) is 31.6 Å². The zero-order valence-electron chi connectivity index (χ0n) is 14.2. The molecular formula is C17H14Cl3FN2O4S. The van der Waals surface area contributed by atoms with Crippen LogP contribution in [0.2, 0.25) is 15.1 Å². The smallest absolute Gasteiger partial charge is 0.257 e. The van der Waals surface area contributed by atoms with E-state index in [-0.39, 0.29) is 57.5 Å². The minimum atomic E-state index is -3.97. The highest BCUT2D eigenvalue weighted by atomic mass is 35.5. The molecule has 1 aliphatic rings. The average Bonchev–Trinajstić information content (AvgIpc) is 2.66. The summed E-state index contributed by atoms with van der Waals surface area (Å²) in [6.07, 6.45) is 0. The van der Waals surface area contributed by atoms with Crippen LogP contribution in [0, 0.1) is 5.82 Å². The van der Waals surface area contributed by atoms with Gasteiger partial charge in [-0.3, -0.25) is 4.79 Å². The van der Waals surface area contributed by atoms with E-state index in [0.717, 1.165) is 6.07 Å². The van der Waals surface area contributed by atoms with E-state index in [1.54, 1.807) is 0 Å². The van der Waals surface area contributed by atoms with Gasteiger partial charge in [-0.05, 0) is 24.3 Å². The number of carbonyl (C=O) groups is 1. The largest absolute Gasteiger partial charge is 0.379 e. The molecule has 1 amide bonds. The monoisotopic (exact) mass is 466 g/mol. The highest BCUT2D eigenvalue weighted by Gasteiger charge is 2.30. The van der Waals surface area contributed by atoms with Crippen molar-refractivity contribution in [3.05, 3.63) is 56.8 Å². The fraction of sp³-hybridized carbons (Fsp3) is 0.235. The zero-order chi connectivity index (χ0) is 20.5. The Bertz CT molecular complexity index is 1030. The molecule has 2 aromatic carbocycles. The fourth-order valence-corrected chi connectivity index (χ4v) is 5.03. The molecule has 0 atom stereocenters. The third-order valence-corrected chi connectivity index (χ3v) is 7.02. The van der Waals surface area contributed by atoms with Crippen molar-refractivity contribution in [2.45, 2.75) is 4.90 Å². The first-order chi connectivity index (χ1) is 13.2. The molecule has 1 fully saturated rings. The van der Waals surface area contributed by atoms with Gasteiger partial charge in [-0.25, -0.2) is 12.8 Å². The maximum absolute atomic E-state index is 14.0. The molecule has 1 saturated heterocycles. The molecule has 0 radical (unpaired) electrons. The number of carbonyl (C=O) groups excluding carboxylic acids is 1. The number of nitrogens with zero attached hydrogens (tertiary/aromatic N) is 1. The summed E-state index contributed by atoms with van der Waals surface area (Å²) in [5.41, 5.74) is -0.335. The minimum Gasteiger partial charge on any atom is -0.379 e. The van der Waals surface area contributed by atoms with Crippen LogP contribution in [0.25, 0.3) is 0 Å². The number of amides is 1. The number of ether oxygens (including phenoxy) is 1. The Labute approximate surface area is 176 Å². The molecule has 1 N–H and O–H groups in total. The van der Waals surface area contributed by atoms with Crippen LogP contribution in [0.3, 0.4) is 0 Å². The standard InChI is InChI=1S/C17H14Cl3FN2O4S/c18-11-2-1-3-14(16(11)21)22-17(24)10-8-15(13(20)9-12(10)19)28(25,26)23-4-6-27-7-5-23/h1-3,8-9H,4-7H2,(H,22,24). The van der Waals surface area contributed by atoms with E-state index >= 15 is 0 Å². The molecule has 3 rings (SSSR count). The van der Waals surface area contributed by atoms with E-state index in [2.05, 4.69) is 5.32 Å². The summed E-state index contributed by atoms with van der Waals surface area (Å²) in [4.78, 5) is 12.3. The van der Waals surface area contributed by atoms with Crippen LogP contribution in [0.4, 0.5) is 10.1 Å². The van der Waals surface area contributed by atoms with Gasteiger partial charge >= 0.3 is 0 Å². The summed E-state index contributed by atoms with van der Waals surface area (Å²) in [5, 5.41) is 1.96. The van der Waals surface area contributed by atoms with Gasteiger partial charge in [0.2, 0.25) is 10.0 Å². The molecule has 0 saturated carbocycles. The topological polar surface area (TPSA) is 75.7 Å². The number of nitrogens with one attached hydrogen (secondary N) is 1. The highest BCUT2D eigenvalue weighted by Crippen LogP contribution is 2.32. The highest BCUT2D eigenvalue weighted by molar-refractivity contribution is 7.89. The second-order valence-corrected chi connectivity index (χ2v) is 8.96. The average molecular weight is 468 g/mol. The van der Waals surface area contributed by atoms with E-state index in [0.29, 0.717) is 0 Å². The molecule has 2 aromatic rings. The molecule has 1 heterocycles. The lowest BCUT2D eigenvalue weighted by Crippen LogP contribution is -2.40. The molecule has 0 bridgehead atoms. The number of hydrogen-bond donors (Lipinski definition) is 1. The lowest BCUT2D eigenvalue weighted by atomic mass is 10.2. The summed E-state index contributed by atoms with van der Waals surface area (Å²) < 4.78 is 46.2. The molecule has 1 aliphatic heterocycles. The lowest BCUT2D eigenvalue weighted by Gasteiger charge is -2.26. The van der Waals surface area contributed by atoms with Crippen LogP contribution in [-0.2, 0) is 14.8 Å². The SMILES string of the molecule is O=C(Nc1cccc(Cl)c1F)c1cc(S(=O)(=O)N2CCOCC2)c(Cl)cc1Cl. The van der Waals surface area contributed by atoms with Crippen LogP contribution < -0.4 is 5.32 Å². The fourth-order valence-electron chi connectivity index (χ4n) is 2.62. The van der Waals surface area contributed by atoms with Crippen molar-refractivity contribution in [1.29, 1.82) is 0 Å². The van der Waals surface area contributed by atoms with Gasteiger partial charge in [0.25, 0.3) is 5.91 Å². The molecule has 28 heavy (non-hydrogen) atoms. The Balaban J connectivity index is 1.97. The molecule has 11 heteroatoms. The van der Waals surface area contributed by atoms with Crippen molar-refractivity contribution in [1.82, 2.24) is 4.31 Å². The number of sulfonamides is 1. The van der Waals surface area contributed by atoms with Gasteiger partial charge < -0.3 is 10.1 Å². The number of halogens is 4. The Morgan fingerprint density at radius 3 is 2.43 bits per heavy atom. The number of benzene rings is 2. The van der Waals surface area contributed by atoms with Crippen LogP contribution >= 0.6 is 34.8 Å². The Kier molecular flexibility index (Phi) is 6.48. The van der Waals surface area contributed by atoms with Crippen molar-refractivity contribution >= 4 is 56.4 Å². The first kappa shape index (κ1) is 21.3. The third kappa shape index (κ3) is 4.27. The maximum Gasteiger partial charge on any atom is 0.257 e. The van der Waals surface area contributed by atoms with Crippen molar-refractivity contribution in [3.63, 3.8) is 0 Å². The number of morpholine rings is 1. The quantitative estimate of drug-likeness (QED) is 0.736. The summed E-state index contributed by atoms with van der Waals surface area (Å²) in [6.45, 7) is 0.838. The third-order valence-electron chi connectivity index (χ3n) is 4.05. The molecule has 0 spiro atoms. The molecule has 0 aromatic heterocycles. The van der Waals surface area contributed by atoms with Crippen molar-refractivity contribution < 1.29 is 22.3 Å². The normalized spacial score (nSPS) is 15.4. The van der Waals surface area contributed by atoms with Gasteiger partial charge in [0.15, 0.2) is 5.82 Å². The van der Waals surface area contributed by atoms with Gasteiger partial charge in [0, 0.05) is 13.1 Å². The van der Waals surface area contributed by atoms with Crippen molar-refractivity contribution in [2.24, 2.45) is 0 Å². The van der Waals surface area contributed by atoms with Gasteiger partial charge in [-0.2, -0.15) is 4.31 Å². The molecule has 0 unspecified atom stereocenters. The Morgan fingerprint density at radius 1 is 1.07 bits per heavy atom. The van der Waals surface area contributed by atoms with Crippen LogP contribution in [0.15, 0.2) is 35.2 Å². The lowest BCUT2D eigenvalue weighted by molar-refractivity contribution is 0.0730.